The van der Waals surface area contributed by atoms with Crippen molar-refractivity contribution in [3.05, 3.63) is 75.5 Å². The van der Waals surface area contributed by atoms with Crippen LogP contribution in [0.4, 0.5) is 4.79 Å². The van der Waals surface area contributed by atoms with E-state index in [1.807, 2.05) is 24.3 Å². The standard InChI is InChI=1S/C20H15BrClN3O3/c1-20(13-4-8-15(22)9-5-13)18(26)25(19(27)24-20)10-16-11-28-17(23-16)12-2-6-14(21)7-3-12/h2-9,11H,10H2,1H3,(H,24,27). The molecule has 1 unspecified atom stereocenters. The largest absolute Gasteiger partial charge is 0.444 e. The number of halogens is 2. The van der Waals surface area contributed by atoms with Crippen molar-refractivity contribution in [1.29, 1.82) is 0 Å². The Bertz CT molecular complexity index is 1050. The second kappa shape index (κ2) is 7.07. The predicted molar refractivity (Wildman–Crippen MR) is 108 cm³/mol. The molecule has 4 rings (SSSR count). The van der Waals surface area contributed by atoms with Crippen LogP contribution >= 0.6 is 27.5 Å². The number of carbonyl (C=O) groups is 2. The first-order valence-corrected chi connectivity index (χ1v) is 9.64. The van der Waals surface area contributed by atoms with E-state index in [4.69, 9.17) is 16.0 Å². The van der Waals surface area contributed by atoms with Crippen LogP contribution in [0.25, 0.3) is 11.5 Å². The number of imide groups is 1. The summed E-state index contributed by atoms with van der Waals surface area (Å²) in [5, 5.41) is 3.32. The summed E-state index contributed by atoms with van der Waals surface area (Å²) in [5.41, 5.74) is 0.799. The first-order chi connectivity index (χ1) is 13.4. The number of nitrogens with one attached hydrogen (secondary N) is 1. The molecule has 3 aromatic rings. The van der Waals surface area contributed by atoms with Crippen molar-refractivity contribution in [3.63, 3.8) is 0 Å². The molecular formula is C20H15BrClN3O3. The highest BCUT2D eigenvalue weighted by atomic mass is 79.9. The quantitative estimate of drug-likeness (QED) is 0.571. The molecule has 3 amide bonds. The highest BCUT2D eigenvalue weighted by Gasteiger charge is 2.49. The summed E-state index contributed by atoms with van der Waals surface area (Å²) in [6, 6.07) is 13.9. The molecule has 28 heavy (non-hydrogen) atoms. The van der Waals surface area contributed by atoms with E-state index in [-0.39, 0.29) is 12.5 Å². The average molecular weight is 461 g/mol. The molecule has 1 saturated heterocycles. The van der Waals surface area contributed by atoms with Crippen LogP contribution in [0.3, 0.4) is 0 Å². The fraction of sp³-hybridized carbons (Fsp3) is 0.150. The van der Waals surface area contributed by atoms with Crippen LogP contribution in [-0.2, 0) is 16.9 Å². The van der Waals surface area contributed by atoms with Crippen molar-refractivity contribution in [1.82, 2.24) is 15.2 Å². The third-order valence-electron chi connectivity index (χ3n) is 4.66. The molecule has 1 atom stereocenters. The van der Waals surface area contributed by atoms with E-state index < -0.39 is 11.6 Å². The van der Waals surface area contributed by atoms with Gasteiger partial charge in [-0.25, -0.2) is 9.78 Å². The molecule has 6 nitrogen and oxygen atoms in total. The molecule has 1 aromatic heterocycles. The summed E-state index contributed by atoms with van der Waals surface area (Å²) in [6.45, 7) is 1.69. The van der Waals surface area contributed by atoms with Crippen LogP contribution in [-0.4, -0.2) is 21.8 Å². The van der Waals surface area contributed by atoms with Crippen molar-refractivity contribution in [3.8, 4) is 11.5 Å². The lowest BCUT2D eigenvalue weighted by atomic mass is 9.92. The Kier molecular flexibility index (Phi) is 4.72. The van der Waals surface area contributed by atoms with Crippen molar-refractivity contribution in [2.75, 3.05) is 0 Å². The van der Waals surface area contributed by atoms with Crippen LogP contribution in [0, 0.1) is 0 Å². The summed E-state index contributed by atoms with van der Waals surface area (Å²) in [5.74, 6) is 0.0723. The third-order valence-corrected chi connectivity index (χ3v) is 5.44. The molecule has 1 N–H and O–H groups in total. The number of rotatable bonds is 4. The zero-order valence-corrected chi connectivity index (χ0v) is 17.1. The van der Waals surface area contributed by atoms with Crippen LogP contribution in [0.2, 0.25) is 5.02 Å². The summed E-state index contributed by atoms with van der Waals surface area (Å²) in [4.78, 5) is 31.0. The Morgan fingerprint density at radius 1 is 1.14 bits per heavy atom. The smallest absolute Gasteiger partial charge is 0.325 e. The van der Waals surface area contributed by atoms with Gasteiger partial charge in [0, 0.05) is 15.1 Å². The van der Waals surface area contributed by atoms with Gasteiger partial charge in [-0.15, -0.1) is 0 Å². The molecule has 142 valence electrons. The first kappa shape index (κ1) is 18.7. The number of amides is 3. The van der Waals surface area contributed by atoms with Crippen LogP contribution in [0.15, 0.2) is 63.7 Å². The molecular weight excluding hydrogens is 446 g/mol. The Hall–Kier alpha value is -2.64. The highest BCUT2D eigenvalue weighted by molar-refractivity contribution is 9.10. The topological polar surface area (TPSA) is 75.4 Å². The van der Waals surface area contributed by atoms with E-state index in [9.17, 15) is 9.59 Å². The molecule has 0 bridgehead atoms. The van der Waals surface area contributed by atoms with E-state index >= 15 is 0 Å². The van der Waals surface area contributed by atoms with E-state index in [1.54, 1.807) is 31.2 Å². The molecule has 2 aromatic carbocycles. The van der Waals surface area contributed by atoms with Crippen molar-refractivity contribution < 1.29 is 14.0 Å². The van der Waals surface area contributed by atoms with E-state index in [1.165, 1.54) is 6.26 Å². The summed E-state index contributed by atoms with van der Waals surface area (Å²) >= 11 is 9.30. The van der Waals surface area contributed by atoms with Gasteiger partial charge in [0.25, 0.3) is 5.91 Å². The SMILES string of the molecule is CC1(c2ccc(Cl)cc2)NC(=O)N(Cc2coc(-c3ccc(Br)cc3)n2)C1=O. The Balaban J connectivity index is 1.55. The molecule has 0 spiro atoms. The molecule has 2 heterocycles. The van der Waals surface area contributed by atoms with Crippen molar-refractivity contribution in [2.24, 2.45) is 0 Å². The minimum atomic E-state index is -1.15. The Morgan fingerprint density at radius 3 is 2.50 bits per heavy atom. The fourth-order valence-electron chi connectivity index (χ4n) is 3.09. The number of benzene rings is 2. The minimum Gasteiger partial charge on any atom is -0.444 e. The maximum absolute atomic E-state index is 13.0. The summed E-state index contributed by atoms with van der Waals surface area (Å²) < 4.78 is 6.46. The second-order valence-corrected chi connectivity index (χ2v) is 7.96. The molecule has 0 radical (unpaired) electrons. The van der Waals surface area contributed by atoms with Gasteiger partial charge in [0.2, 0.25) is 5.89 Å². The van der Waals surface area contributed by atoms with Gasteiger partial charge in [-0.2, -0.15) is 0 Å². The van der Waals surface area contributed by atoms with Crippen LogP contribution in [0.1, 0.15) is 18.2 Å². The molecule has 0 aliphatic carbocycles. The number of nitrogens with zero attached hydrogens (tertiary/aromatic N) is 2. The zero-order valence-electron chi connectivity index (χ0n) is 14.8. The van der Waals surface area contributed by atoms with Crippen molar-refractivity contribution >= 4 is 39.5 Å². The van der Waals surface area contributed by atoms with Crippen molar-refractivity contribution in [2.45, 2.75) is 19.0 Å². The van der Waals surface area contributed by atoms with Gasteiger partial charge < -0.3 is 9.73 Å². The van der Waals surface area contributed by atoms with Crippen LogP contribution < -0.4 is 5.32 Å². The monoisotopic (exact) mass is 459 g/mol. The Labute approximate surface area is 174 Å². The number of urea groups is 1. The van der Waals surface area contributed by atoms with Gasteiger partial charge in [0.05, 0.1) is 12.2 Å². The maximum Gasteiger partial charge on any atom is 0.325 e. The highest BCUT2D eigenvalue weighted by Crippen LogP contribution is 2.31. The normalized spacial score (nSPS) is 19.2. The van der Waals surface area contributed by atoms with Gasteiger partial charge in [-0.3, -0.25) is 9.69 Å². The summed E-state index contributed by atoms with van der Waals surface area (Å²) in [6.07, 6.45) is 1.45. The fourth-order valence-corrected chi connectivity index (χ4v) is 3.48. The lowest BCUT2D eigenvalue weighted by Crippen LogP contribution is -2.40. The number of carbonyl (C=O) groups excluding carboxylic acids is 2. The molecule has 1 fully saturated rings. The zero-order chi connectivity index (χ0) is 19.9. The third kappa shape index (κ3) is 3.31. The van der Waals surface area contributed by atoms with Gasteiger partial charge in [0.1, 0.15) is 11.8 Å². The number of hydrogen-bond acceptors (Lipinski definition) is 4. The van der Waals surface area contributed by atoms with Crippen LogP contribution in [0.5, 0.6) is 0 Å². The van der Waals surface area contributed by atoms with Gasteiger partial charge >= 0.3 is 6.03 Å². The van der Waals surface area contributed by atoms with Gasteiger partial charge in [0.15, 0.2) is 0 Å². The molecule has 1 aliphatic rings. The first-order valence-electron chi connectivity index (χ1n) is 8.47. The van der Waals surface area contributed by atoms with Gasteiger partial charge in [-0.05, 0) is 48.9 Å². The minimum absolute atomic E-state index is 0.0217. The molecule has 8 heteroatoms. The van der Waals surface area contributed by atoms with E-state index in [0.29, 0.717) is 22.2 Å². The maximum atomic E-state index is 13.0. The number of hydrogen-bond donors (Lipinski definition) is 1. The molecule has 1 aliphatic heterocycles. The lowest BCUT2D eigenvalue weighted by Gasteiger charge is -2.22. The molecule has 0 saturated carbocycles. The van der Waals surface area contributed by atoms with Gasteiger partial charge in [-0.1, -0.05) is 39.7 Å². The second-order valence-electron chi connectivity index (χ2n) is 6.60. The number of oxazole rings is 1. The van der Waals surface area contributed by atoms with E-state index in [0.717, 1.165) is 14.9 Å². The van der Waals surface area contributed by atoms with E-state index in [2.05, 4.69) is 26.2 Å². The summed E-state index contributed by atoms with van der Waals surface area (Å²) in [7, 11) is 0. The predicted octanol–water partition coefficient (Wildman–Crippen LogP) is 4.72. The average Bonchev–Trinajstić information content (AvgIpc) is 3.22. The number of aromatic nitrogens is 1. The Morgan fingerprint density at radius 2 is 1.82 bits per heavy atom. The lowest BCUT2D eigenvalue weighted by molar-refractivity contribution is -0.131.